The van der Waals surface area contributed by atoms with Crippen LogP contribution in [0.4, 0.5) is 17.1 Å². The molecule has 10 rings (SSSR count). The molecule has 0 saturated carbocycles. The largest absolute Gasteiger partial charge is 0.309 e. The molecule has 0 fully saturated rings. The van der Waals surface area contributed by atoms with Gasteiger partial charge in [-0.15, -0.1) is 0 Å². The molecule has 0 heterocycles. The van der Waals surface area contributed by atoms with Crippen LogP contribution in [0.15, 0.2) is 237 Å². The maximum absolute atomic E-state index is 2.44. The molecule has 0 radical (unpaired) electrons. The normalized spacial score (nSPS) is 11.2. The molecule has 10 aromatic carbocycles. The lowest BCUT2D eigenvalue weighted by molar-refractivity contribution is 1.28. The van der Waals surface area contributed by atoms with Gasteiger partial charge in [-0.1, -0.05) is 206 Å². The van der Waals surface area contributed by atoms with E-state index < -0.39 is 0 Å². The lowest BCUT2D eigenvalue weighted by atomic mass is 9.88. The first-order valence-electron chi connectivity index (χ1n) is 19.6. The molecule has 0 amide bonds. The number of nitrogens with zero attached hydrogens (tertiary/aromatic N) is 1. The minimum Gasteiger partial charge on any atom is -0.309 e. The highest BCUT2D eigenvalue weighted by atomic mass is 15.1. The van der Waals surface area contributed by atoms with Gasteiger partial charge in [0.15, 0.2) is 0 Å². The van der Waals surface area contributed by atoms with Crippen molar-refractivity contribution in [2.24, 2.45) is 0 Å². The Morgan fingerprint density at radius 3 is 1.35 bits per heavy atom. The molecule has 10 aromatic rings. The lowest BCUT2D eigenvalue weighted by Crippen LogP contribution is -2.12. The third-order valence-corrected chi connectivity index (χ3v) is 11.1. The molecule has 0 spiro atoms. The topological polar surface area (TPSA) is 3.24 Å². The van der Waals surface area contributed by atoms with Crippen LogP contribution < -0.4 is 4.90 Å². The summed E-state index contributed by atoms with van der Waals surface area (Å²) in [5.74, 6) is 0. The van der Waals surface area contributed by atoms with Crippen LogP contribution in [-0.4, -0.2) is 0 Å². The number of benzene rings is 10. The summed E-state index contributed by atoms with van der Waals surface area (Å²) in [5, 5.41) is 5.07. The van der Waals surface area contributed by atoms with Gasteiger partial charge in [0.25, 0.3) is 0 Å². The molecule has 0 aliphatic carbocycles. The molecule has 268 valence electrons. The third kappa shape index (κ3) is 6.46. The second-order valence-corrected chi connectivity index (χ2v) is 14.5. The van der Waals surface area contributed by atoms with Crippen molar-refractivity contribution >= 4 is 38.6 Å². The fourth-order valence-corrected chi connectivity index (χ4v) is 8.37. The predicted molar refractivity (Wildman–Crippen MR) is 243 cm³/mol. The quantitative estimate of drug-likeness (QED) is 0.141. The first-order valence-corrected chi connectivity index (χ1v) is 19.6. The lowest BCUT2D eigenvalue weighted by Gasteiger charge is -2.30. The van der Waals surface area contributed by atoms with Gasteiger partial charge in [-0.2, -0.15) is 0 Å². The molecule has 0 unspecified atom stereocenters. The van der Waals surface area contributed by atoms with Crippen LogP contribution in [-0.2, 0) is 0 Å². The Kier molecular flexibility index (Phi) is 8.95. The maximum Gasteiger partial charge on any atom is 0.0540 e. The molecule has 0 aliphatic rings. The van der Waals surface area contributed by atoms with Crippen LogP contribution in [0.3, 0.4) is 0 Å². The van der Waals surface area contributed by atoms with E-state index in [-0.39, 0.29) is 0 Å². The second-order valence-electron chi connectivity index (χ2n) is 14.5. The summed E-state index contributed by atoms with van der Waals surface area (Å²) in [7, 11) is 0. The predicted octanol–water partition coefficient (Wildman–Crippen LogP) is 15.8. The van der Waals surface area contributed by atoms with Crippen LogP contribution in [0.2, 0.25) is 0 Å². The second kappa shape index (κ2) is 15.0. The molecule has 1 heteroatoms. The zero-order valence-electron chi connectivity index (χ0n) is 31.5. The Labute approximate surface area is 334 Å². The van der Waals surface area contributed by atoms with E-state index in [1.807, 2.05) is 0 Å². The average molecular weight is 726 g/mol. The summed E-state index contributed by atoms with van der Waals surface area (Å²) in [6, 6.07) is 85.6. The minimum atomic E-state index is 1.09. The van der Waals surface area contributed by atoms with Crippen LogP contribution in [0, 0.1) is 0 Å². The van der Waals surface area contributed by atoms with E-state index in [4.69, 9.17) is 0 Å². The summed E-state index contributed by atoms with van der Waals surface area (Å²) < 4.78 is 0. The monoisotopic (exact) mass is 725 g/mol. The highest BCUT2D eigenvalue weighted by molar-refractivity contribution is 6.08. The Morgan fingerprint density at radius 1 is 0.228 bits per heavy atom. The summed E-state index contributed by atoms with van der Waals surface area (Å²) in [6.07, 6.45) is 0. The molecule has 0 atom stereocenters. The van der Waals surface area contributed by atoms with Crippen LogP contribution in [0.1, 0.15) is 0 Å². The fourth-order valence-electron chi connectivity index (χ4n) is 8.37. The molecule has 0 aliphatic heterocycles. The third-order valence-electron chi connectivity index (χ3n) is 11.1. The highest BCUT2D eigenvalue weighted by Crippen LogP contribution is 2.47. The molecule has 0 aromatic heterocycles. The van der Waals surface area contributed by atoms with Crippen molar-refractivity contribution in [2.45, 2.75) is 0 Å². The maximum atomic E-state index is 2.44. The molecular formula is C56H39N. The van der Waals surface area contributed by atoms with Crippen LogP contribution in [0.25, 0.3) is 77.2 Å². The summed E-state index contributed by atoms with van der Waals surface area (Å²) >= 11 is 0. The summed E-state index contributed by atoms with van der Waals surface area (Å²) in [5.41, 5.74) is 15.2. The number of anilines is 3. The van der Waals surface area contributed by atoms with E-state index in [1.54, 1.807) is 0 Å². The standard InChI is InChI=1S/C56H39N/c1-3-17-41(18-4-1)48-23-9-10-25-51(48)52-26-11-12-27-53(52)54-28-14-16-30-56(54)57(55-29-15-13-24-50(55)42-19-5-2-6-20-42)46-36-33-40(34-37-46)44-35-38-49-45(39-44)32-31-43-21-7-8-22-47(43)49/h1-39H. The summed E-state index contributed by atoms with van der Waals surface area (Å²) in [4.78, 5) is 2.44. The zero-order valence-corrected chi connectivity index (χ0v) is 31.5. The molecular weight excluding hydrogens is 687 g/mol. The van der Waals surface area contributed by atoms with Gasteiger partial charge in [0, 0.05) is 16.8 Å². The molecule has 57 heavy (non-hydrogen) atoms. The Bertz CT molecular complexity index is 3000. The number of hydrogen-bond acceptors (Lipinski definition) is 1. The summed E-state index contributed by atoms with van der Waals surface area (Å²) in [6.45, 7) is 0. The van der Waals surface area contributed by atoms with Crippen molar-refractivity contribution in [1.29, 1.82) is 0 Å². The van der Waals surface area contributed by atoms with Gasteiger partial charge in [-0.25, -0.2) is 0 Å². The Hall–Kier alpha value is -7.48. The first-order chi connectivity index (χ1) is 28.3. The van der Waals surface area contributed by atoms with Crippen molar-refractivity contribution in [3.8, 4) is 55.6 Å². The van der Waals surface area contributed by atoms with E-state index in [2.05, 4.69) is 241 Å². The van der Waals surface area contributed by atoms with Gasteiger partial charge < -0.3 is 4.90 Å². The Morgan fingerprint density at radius 2 is 0.667 bits per heavy atom. The molecule has 0 saturated heterocycles. The zero-order chi connectivity index (χ0) is 38.0. The van der Waals surface area contributed by atoms with Gasteiger partial charge in [-0.3, -0.25) is 0 Å². The first kappa shape index (κ1) is 34.0. The average Bonchev–Trinajstić information content (AvgIpc) is 3.30. The van der Waals surface area contributed by atoms with Gasteiger partial charge in [0.05, 0.1) is 11.4 Å². The van der Waals surface area contributed by atoms with Crippen molar-refractivity contribution in [2.75, 3.05) is 4.90 Å². The molecule has 0 bridgehead atoms. The fraction of sp³-hybridized carbons (Fsp3) is 0. The van der Waals surface area contributed by atoms with E-state index >= 15 is 0 Å². The Balaban J connectivity index is 1.14. The molecule has 1 nitrogen and oxygen atoms in total. The smallest absolute Gasteiger partial charge is 0.0540 e. The number of rotatable bonds is 8. The number of fused-ring (bicyclic) bond motifs is 3. The van der Waals surface area contributed by atoms with E-state index in [0.717, 1.165) is 22.6 Å². The van der Waals surface area contributed by atoms with Crippen LogP contribution >= 0.6 is 0 Å². The van der Waals surface area contributed by atoms with Crippen molar-refractivity contribution in [1.82, 2.24) is 0 Å². The molecule has 0 N–H and O–H groups in total. The number of para-hydroxylation sites is 2. The van der Waals surface area contributed by atoms with Gasteiger partial charge in [-0.05, 0) is 96.4 Å². The van der Waals surface area contributed by atoms with E-state index in [9.17, 15) is 0 Å². The van der Waals surface area contributed by atoms with E-state index in [1.165, 1.54) is 71.6 Å². The number of hydrogen-bond donors (Lipinski definition) is 0. The van der Waals surface area contributed by atoms with Gasteiger partial charge in [0.1, 0.15) is 0 Å². The van der Waals surface area contributed by atoms with Crippen molar-refractivity contribution < 1.29 is 0 Å². The van der Waals surface area contributed by atoms with Crippen LogP contribution in [0.5, 0.6) is 0 Å². The van der Waals surface area contributed by atoms with Crippen molar-refractivity contribution in [3.63, 3.8) is 0 Å². The van der Waals surface area contributed by atoms with Gasteiger partial charge in [0.2, 0.25) is 0 Å². The van der Waals surface area contributed by atoms with Crippen molar-refractivity contribution in [3.05, 3.63) is 237 Å². The highest BCUT2D eigenvalue weighted by Gasteiger charge is 2.22. The van der Waals surface area contributed by atoms with Gasteiger partial charge >= 0.3 is 0 Å². The minimum absolute atomic E-state index is 1.09. The SMILES string of the molecule is c1ccc(-c2ccccc2-c2ccccc2-c2ccccc2N(c2ccc(-c3ccc4c(ccc5ccccc54)c3)cc2)c2ccccc2-c2ccccc2)cc1. The van der Waals surface area contributed by atoms with E-state index in [0.29, 0.717) is 0 Å².